The third kappa shape index (κ3) is 5.93. The van der Waals surface area contributed by atoms with Gasteiger partial charge in [-0.25, -0.2) is 0 Å². The summed E-state index contributed by atoms with van der Waals surface area (Å²) in [5.41, 5.74) is 3.67. The van der Waals surface area contributed by atoms with Gasteiger partial charge in [-0.15, -0.1) is 0 Å². The molecule has 1 amide bonds. The number of para-hydroxylation sites is 2. The van der Waals surface area contributed by atoms with Gasteiger partial charge in [0.15, 0.2) is 0 Å². The van der Waals surface area contributed by atoms with E-state index in [4.69, 9.17) is 4.74 Å². The van der Waals surface area contributed by atoms with Gasteiger partial charge in [0.1, 0.15) is 0 Å². The normalized spacial score (nSPS) is 14.8. The van der Waals surface area contributed by atoms with E-state index in [0.29, 0.717) is 31.9 Å². The highest BCUT2D eigenvalue weighted by Crippen LogP contribution is 2.38. The van der Waals surface area contributed by atoms with Gasteiger partial charge in [0.2, 0.25) is 5.91 Å². The van der Waals surface area contributed by atoms with Gasteiger partial charge >= 0.3 is 0 Å². The highest BCUT2D eigenvalue weighted by atomic mass is 16.6. The fourth-order valence-corrected chi connectivity index (χ4v) is 5.24. The number of rotatable bonds is 10. The SMILES string of the molecule is O=C(CC(c1ccccc1[N+](=O)[O-])c1cn(Cc2ccccc2)c2ccccc12)NCCN1CCOCC1. The lowest BCUT2D eigenvalue weighted by Crippen LogP contribution is -2.41. The summed E-state index contributed by atoms with van der Waals surface area (Å²) >= 11 is 0. The monoisotopic (exact) mass is 512 g/mol. The summed E-state index contributed by atoms with van der Waals surface area (Å²) in [6.07, 6.45) is 2.17. The van der Waals surface area contributed by atoms with Crippen molar-refractivity contribution in [1.29, 1.82) is 0 Å². The molecule has 1 saturated heterocycles. The lowest BCUT2D eigenvalue weighted by Gasteiger charge is -2.26. The highest BCUT2D eigenvalue weighted by molar-refractivity contribution is 5.87. The summed E-state index contributed by atoms with van der Waals surface area (Å²) in [7, 11) is 0. The van der Waals surface area contributed by atoms with Crippen LogP contribution in [0.1, 0.15) is 29.0 Å². The predicted octanol–water partition coefficient (Wildman–Crippen LogP) is 4.57. The Morgan fingerprint density at radius 3 is 2.45 bits per heavy atom. The van der Waals surface area contributed by atoms with Crippen LogP contribution in [0.4, 0.5) is 5.69 Å². The number of carbonyl (C=O) groups is 1. The van der Waals surface area contributed by atoms with Gasteiger partial charge in [0.05, 0.1) is 18.1 Å². The summed E-state index contributed by atoms with van der Waals surface area (Å²) in [5.74, 6) is -0.594. The number of fused-ring (bicyclic) bond motifs is 1. The molecule has 38 heavy (non-hydrogen) atoms. The molecular formula is C30H32N4O4. The molecule has 1 aliphatic rings. The molecule has 0 aliphatic carbocycles. The molecule has 2 heterocycles. The Bertz CT molecular complexity index is 1400. The zero-order valence-electron chi connectivity index (χ0n) is 21.3. The summed E-state index contributed by atoms with van der Waals surface area (Å²) in [5, 5.41) is 16.0. The third-order valence-electron chi connectivity index (χ3n) is 7.14. The number of ether oxygens (including phenoxy) is 1. The molecule has 0 saturated carbocycles. The van der Waals surface area contributed by atoms with Crippen LogP contribution in [0.15, 0.2) is 85.1 Å². The molecule has 8 heteroatoms. The van der Waals surface area contributed by atoms with Gasteiger partial charge in [0, 0.05) is 73.8 Å². The second-order valence-corrected chi connectivity index (χ2v) is 9.59. The Hall–Kier alpha value is -4.01. The summed E-state index contributed by atoms with van der Waals surface area (Å²) in [6.45, 7) is 5.07. The van der Waals surface area contributed by atoms with Crippen molar-refractivity contribution in [3.05, 3.63) is 112 Å². The van der Waals surface area contributed by atoms with E-state index in [-0.39, 0.29) is 22.9 Å². The first-order valence-electron chi connectivity index (χ1n) is 13.0. The van der Waals surface area contributed by atoms with Crippen molar-refractivity contribution < 1.29 is 14.5 Å². The van der Waals surface area contributed by atoms with E-state index in [1.165, 1.54) is 6.07 Å². The minimum Gasteiger partial charge on any atom is -0.379 e. The fourth-order valence-electron chi connectivity index (χ4n) is 5.24. The van der Waals surface area contributed by atoms with Gasteiger partial charge < -0.3 is 14.6 Å². The number of nitrogens with one attached hydrogen (secondary N) is 1. The van der Waals surface area contributed by atoms with E-state index >= 15 is 0 Å². The van der Waals surface area contributed by atoms with Gasteiger partial charge in [-0.3, -0.25) is 19.8 Å². The molecule has 8 nitrogen and oxygen atoms in total. The number of morpholine rings is 1. The van der Waals surface area contributed by atoms with E-state index in [9.17, 15) is 14.9 Å². The maximum absolute atomic E-state index is 13.2. The molecule has 1 fully saturated rings. The van der Waals surface area contributed by atoms with E-state index in [0.717, 1.165) is 41.7 Å². The van der Waals surface area contributed by atoms with Crippen molar-refractivity contribution in [2.24, 2.45) is 0 Å². The van der Waals surface area contributed by atoms with Crippen LogP contribution in [0, 0.1) is 10.1 Å². The van der Waals surface area contributed by atoms with Crippen LogP contribution >= 0.6 is 0 Å². The van der Waals surface area contributed by atoms with Crippen LogP contribution in [-0.4, -0.2) is 59.7 Å². The van der Waals surface area contributed by atoms with Crippen molar-refractivity contribution in [2.75, 3.05) is 39.4 Å². The molecule has 4 aromatic rings. The topological polar surface area (TPSA) is 89.6 Å². The number of benzene rings is 3. The molecule has 0 spiro atoms. The standard InChI is InChI=1S/C30H32N4O4/c35-30(31-14-15-32-16-18-38-19-17-32)20-26(24-10-5-7-13-29(24)34(36)37)27-22-33(21-23-8-2-1-3-9-23)28-12-6-4-11-25(27)28/h1-13,22,26H,14-21H2,(H,31,35). The maximum Gasteiger partial charge on any atom is 0.273 e. The van der Waals surface area contributed by atoms with Crippen molar-refractivity contribution in [1.82, 2.24) is 14.8 Å². The molecule has 1 aliphatic heterocycles. The zero-order chi connectivity index (χ0) is 26.3. The molecule has 196 valence electrons. The van der Waals surface area contributed by atoms with E-state index < -0.39 is 5.92 Å². The fraction of sp³-hybridized carbons (Fsp3) is 0.300. The molecule has 1 N–H and O–H groups in total. The number of amides is 1. The Labute approximate surface area is 222 Å². The van der Waals surface area contributed by atoms with Crippen LogP contribution in [-0.2, 0) is 16.1 Å². The molecule has 3 aromatic carbocycles. The lowest BCUT2D eigenvalue weighted by molar-refractivity contribution is -0.385. The van der Waals surface area contributed by atoms with Crippen LogP contribution in [0.5, 0.6) is 0 Å². The Morgan fingerprint density at radius 1 is 0.947 bits per heavy atom. The van der Waals surface area contributed by atoms with Crippen molar-refractivity contribution in [3.8, 4) is 0 Å². The number of hydrogen-bond donors (Lipinski definition) is 1. The van der Waals surface area contributed by atoms with E-state index in [1.54, 1.807) is 18.2 Å². The number of nitro benzene ring substituents is 1. The predicted molar refractivity (Wildman–Crippen MR) is 147 cm³/mol. The molecule has 5 rings (SSSR count). The van der Waals surface area contributed by atoms with Crippen molar-refractivity contribution in [3.63, 3.8) is 0 Å². The van der Waals surface area contributed by atoms with Gasteiger partial charge in [-0.1, -0.05) is 66.7 Å². The number of nitrogens with zero attached hydrogens (tertiary/aromatic N) is 3. The minimum absolute atomic E-state index is 0.0264. The van der Waals surface area contributed by atoms with Crippen LogP contribution in [0.2, 0.25) is 0 Å². The first-order chi connectivity index (χ1) is 18.6. The second-order valence-electron chi connectivity index (χ2n) is 9.59. The molecule has 1 atom stereocenters. The number of aromatic nitrogens is 1. The van der Waals surface area contributed by atoms with Crippen LogP contribution in [0.25, 0.3) is 10.9 Å². The lowest BCUT2D eigenvalue weighted by atomic mass is 9.87. The number of hydrogen-bond acceptors (Lipinski definition) is 5. The zero-order valence-corrected chi connectivity index (χ0v) is 21.3. The molecule has 0 radical (unpaired) electrons. The summed E-state index contributed by atoms with van der Waals surface area (Å²) in [6, 6.07) is 25.0. The van der Waals surface area contributed by atoms with E-state index in [2.05, 4.69) is 39.2 Å². The summed E-state index contributed by atoms with van der Waals surface area (Å²) < 4.78 is 7.56. The summed E-state index contributed by atoms with van der Waals surface area (Å²) in [4.78, 5) is 27.1. The molecule has 1 aromatic heterocycles. The molecule has 0 bridgehead atoms. The quantitative estimate of drug-likeness (QED) is 0.248. The Morgan fingerprint density at radius 2 is 1.66 bits per heavy atom. The molecular weight excluding hydrogens is 480 g/mol. The maximum atomic E-state index is 13.2. The van der Waals surface area contributed by atoms with Gasteiger partial charge in [0.25, 0.3) is 5.69 Å². The van der Waals surface area contributed by atoms with Gasteiger partial charge in [-0.05, 0) is 17.2 Å². The highest BCUT2D eigenvalue weighted by Gasteiger charge is 2.28. The smallest absolute Gasteiger partial charge is 0.273 e. The van der Waals surface area contributed by atoms with E-state index in [1.807, 2.05) is 36.4 Å². The van der Waals surface area contributed by atoms with Crippen LogP contribution in [0.3, 0.4) is 0 Å². The number of nitro groups is 1. The Kier molecular flexibility index (Phi) is 8.11. The average molecular weight is 513 g/mol. The number of carbonyl (C=O) groups excluding carboxylic acids is 1. The first kappa shape index (κ1) is 25.6. The van der Waals surface area contributed by atoms with Gasteiger partial charge in [-0.2, -0.15) is 0 Å². The van der Waals surface area contributed by atoms with Crippen molar-refractivity contribution >= 4 is 22.5 Å². The molecule has 1 unspecified atom stereocenters. The van der Waals surface area contributed by atoms with Crippen molar-refractivity contribution in [2.45, 2.75) is 18.9 Å². The van der Waals surface area contributed by atoms with Crippen LogP contribution < -0.4 is 5.32 Å². The Balaban J connectivity index is 1.47. The first-order valence-corrected chi connectivity index (χ1v) is 13.0. The minimum atomic E-state index is -0.470. The largest absolute Gasteiger partial charge is 0.379 e. The second kappa shape index (κ2) is 12.0. The third-order valence-corrected chi connectivity index (χ3v) is 7.14. The average Bonchev–Trinajstić information content (AvgIpc) is 3.31.